The van der Waals surface area contributed by atoms with Crippen LogP contribution >= 0.6 is 23.8 Å². The van der Waals surface area contributed by atoms with E-state index < -0.39 is 0 Å². The van der Waals surface area contributed by atoms with Crippen LogP contribution in [0.25, 0.3) is 0 Å². The first kappa shape index (κ1) is 15.6. The first-order chi connectivity index (χ1) is 11.1. The summed E-state index contributed by atoms with van der Waals surface area (Å²) in [6.45, 7) is 1.91. The van der Waals surface area contributed by atoms with Gasteiger partial charge in [0.25, 0.3) is 0 Å². The van der Waals surface area contributed by atoms with E-state index in [1.54, 1.807) is 0 Å². The van der Waals surface area contributed by atoms with Crippen molar-refractivity contribution in [1.29, 1.82) is 0 Å². The Bertz CT molecular complexity index is 832. The van der Waals surface area contributed by atoms with E-state index in [2.05, 4.69) is 15.8 Å². The second kappa shape index (κ2) is 6.48. The maximum Gasteiger partial charge on any atom is 0.191 e. The molecule has 2 aromatic rings. The van der Waals surface area contributed by atoms with Gasteiger partial charge in [-0.05, 0) is 36.8 Å². The number of nitrogens with zero attached hydrogens (tertiary/aromatic N) is 1. The molecule has 1 aliphatic rings. The summed E-state index contributed by atoms with van der Waals surface area (Å²) in [6.07, 6.45) is 0.283. The summed E-state index contributed by atoms with van der Waals surface area (Å²) in [5, 5.41) is 8.34. The van der Waals surface area contributed by atoms with Gasteiger partial charge < -0.3 is 5.32 Å². The van der Waals surface area contributed by atoms with E-state index in [-0.39, 0.29) is 12.2 Å². The van der Waals surface area contributed by atoms with Gasteiger partial charge in [-0.15, -0.1) is 0 Å². The number of halogens is 1. The van der Waals surface area contributed by atoms with Gasteiger partial charge >= 0.3 is 0 Å². The summed E-state index contributed by atoms with van der Waals surface area (Å²) >= 11 is 11.3. The number of rotatable bonds is 2. The number of thiocarbonyl (C=S) groups is 1. The van der Waals surface area contributed by atoms with Crippen LogP contribution in [0.2, 0.25) is 5.02 Å². The molecule has 23 heavy (non-hydrogen) atoms. The molecule has 0 aromatic heterocycles. The molecule has 0 saturated carbocycles. The van der Waals surface area contributed by atoms with Crippen molar-refractivity contribution in [2.75, 3.05) is 5.32 Å². The largest absolute Gasteiger partial charge is 0.331 e. The highest BCUT2D eigenvalue weighted by Gasteiger charge is 2.24. The minimum atomic E-state index is 0.0747. The molecular weight excluding hydrogens is 330 g/mol. The highest BCUT2D eigenvalue weighted by molar-refractivity contribution is 7.80. The molecule has 0 amide bonds. The number of Topliss-reactive ketones (excluding diaryl/α,β-unsaturated/α-hetero) is 1. The van der Waals surface area contributed by atoms with Gasteiger partial charge in [0.2, 0.25) is 0 Å². The third kappa shape index (κ3) is 3.25. The summed E-state index contributed by atoms with van der Waals surface area (Å²) in [7, 11) is 0. The summed E-state index contributed by atoms with van der Waals surface area (Å²) in [5.41, 5.74) is 6.77. The van der Waals surface area contributed by atoms with Crippen LogP contribution in [0, 0.1) is 6.92 Å². The maximum atomic E-state index is 11.9. The van der Waals surface area contributed by atoms with Crippen molar-refractivity contribution >= 4 is 46.1 Å². The number of nitrogens with one attached hydrogen (secondary N) is 2. The third-order valence-electron chi connectivity index (χ3n) is 3.67. The minimum Gasteiger partial charge on any atom is -0.331 e. The predicted molar refractivity (Wildman–Crippen MR) is 97.5 cm³/mol. The number of benzene rings is 2. The van der Waals surface area contributed by atoms with Gasteiger partial charge in [-0.3, -0.25) is 10.2 Å². The van der Waals surface area contributed by atoms with E-state index >= 15 is 0 Å². The van der Waals surface area contributed by atoms with Crippen molar-refractivity contribution in [2.24, 2.45) is 5.10 Å². The lowest BCUT2D eigenvalue weighted by atomic mass is 10.1. The van der Waals surface area contributed by atoms with E-state index in [1.807, 2.05) is 49.4 Å². The number of fused-ring (bicyclic) bond motifs is 1. The Morgan fingerprint density at radius 2 is 1.91 bits per heavy atom. The number of anilines is 1. The molecule has 6 heteroatoms. The van der Waals surface area contributed by atoms with Crippen LogP contribution in [0.1, 0.15) is 27.9 Å². The zero-order chi connectivity index (χ0) is 16.4. The molecule has 4 nitrogen and oxygen atoms in total. The van der Waals surface area contributed by atoms with Crippen LogP contribution in [0.5, 0.6) is 0 Å². The van der Waals surface area contributed by atoms with Crippen molar-refractivity contribution in [2.45, 2.75) is 13.3 Å². The number of hydrogen-bond acceptors (Lipinski definition) is 3. The molecule has 2 N–H and O–H groups in total. The van der Waals surface area contributed by atoms with Crippen molar-refractivity contribution in [3.8, 4) is 0 Å². The zero-order valence-electron chi connectivity index (χ0n) is 12.4. The molecule has 0 saturated heterocycles. The fraction of sp³-hybridized carbons (Fsp3) is 0.118. The first-order valence-electron chi connectivity index (χ1n) is 7.07. The smallest absolute Gasteiger partial charge is 0.191 e. The molecule has 3 rings (SSSR count). The maximum absolute atomic E-state index is 11.9. The second-order valence-corrected chi connectivity index (χ2v) is 6.00. The monoisotopic (exact) mass is 343 g/mol. The fourth-order valence-electron chi connectivity index (χ4n) is 2.43. The van der Waals surface area contributed by atoms with E-state index in [4.69, 9.17) is 23.8 Å². The highest BCUT2D eigenvalue weighted by atomic mass is 35.5. The standard InChI is InChI=1S/C17H14ClN3OS/c1-10-13(18)7-4-8-14(10)19-17(23)21-20-15-9-16(22)12-6-3-2-5-11(12)15/h2-8H,9H2,1H3,(H2,19,21,23)/b20-15-. The van der Waals surface area contributed by atoms with Crippen LogP contribution in [0.3, 0.4) is 0 Å². The Morgan fingerprint density at radius 3 is 2.70 bits per heavy atom. The molecule has 1 aliphatic carbocycles. The zero-order valence-corrected chi connectivity index (χ0v) is 14.0. The van der Waals surface area contributed by atoms with Crippen LogP contribution in [0.4, 0.5) is 5.69 Å². The van der Waals surface area contributed by atoms with Crippen molar-refractivity contribution in [3.63, 3.8) is 0 Å². The van der Waals surface area contributed by atoms with Gasteiger partial charge in [-0.2, -0.15) is 5.10 Å². The predicted octanol–water partition coefficient (Wildman–Crippen LogP) is 3.93. The van der Waals surface area contributed by atoms with Crippen LogP contribution in [-0.2, 0) is 0 Å². The summed E-state index contributed by atoms with van der Waals surface area (Å²) < 4.78 is 0. The lowest BCUT2D eigenvalue weighted by Crippen LogP contribution is -2.25. The average molecular weight is 344 g/mol. The molecule has 0 aliphatic heterocycles. The first-order valence-corrected chi connectivity index (χ1v) is 7.86. The lowest BCUT2D eigenvalue weighted by Gasteiger charge is -2.11. The fourth-order valence-corrected chi connectivity index (χ4v) is 2.76. The van der Waals surface area contributed by atoms with Gasteiger partial charge in [0.05, 0.1) is 12.1 Å². The molecule has 0 unspecified atom stereocenters. The number of carbonyl (C=O) groups is 1. The summed E-state index contributed by atoms with van der Waals surface area (Å²) in [6, 6.07) is 13.0. The van der Waals surface area contributed by atoms with E-state index in [1.165, 1.54) is 0 Å². The van der Waals surface area contributed by atoms with Crippen LogP contribution in [-0.4, -0.2) is 16.6 Å². The van der Waals surface area contributed by atoms with Crippen LogP contribution < -0.4 is 10.7 Å². The van der Waals surface area contributed by atoms with E-state index in [9.17, 15) is 4.79 Å². The van der Waals surface area contributed by atoms with Gasteiger partial charge in [-0.1, -0.05) is 41.9 Å². The van der Waals surface area contributed by atoms with Gasteiger partial charge in [0.1, 0.15) is 0 Å². The number of carbonyl (C=O) groups excluding carboxylic acids is 1. The molecule has 0 fully saturated rings. The molecule has 0 spiro atoms. The van der Waals surface area contributed by atoms with Gasteiger partial charge in [-0.25, -0.2) is 0 Å². The number of ketones is 1. The molecular formula is C17H14ClN3OS. The molecule has 0 radical (unpaired) electrons. The van der Waals surface area contributed by atoms with Gasteiger partial charge in [0, 0.05) is 21.8 Å². The van der Waals surface area contributed by atoms with Crippen molar-refractivity contribution in [1.82, 2.24) is 5.43 Å². The van der Waals surface area contributed by atoms with E-state index in [0.29, 0.717) is 21.4 Å². The Kier molecular flexibility index (Phi) is 4.41. The number of hydrazone groups is 1. The SMILES string of the molecule is Cc1c(Cl)cccc1NC(=S)N/N=C1/CC(=O)c2ccccc21. The second-order valence-electron chi connectivity index (χ2n) is 5.18. The number of hydrogen-bond donors (Lipinski definition) is 2. The lowest BCUT2D eigenvalue weighted by molar-refractivity contribution is 0.101. The Labute approximate surface area is 144 Å². The molecule has 0 bridgehead atoms. The third-order valence-corrected chi connectivity index (χ3v) is 4.28. The molecule has 2 aromatic carbocycles. The topological polar surface area (TPSA) is 53.5 Å². The Hall–Kier alpha value is -2.24. The summed E-state index contributed by atoms with van der Waals surface area (Å²) in [5.74, 6) is 0.0747. The average Bonchev–Trinajstić information content (AvgIpc) is 2.87. The van der Waals surface area contributed by atoms with E-state index in [0.717, 1.165) is 16.8 Å². The van der Waals surface area contributed by atoms with Crippen molar-refractivity contribution in [3.05, 3.63) is 64.2 Å². The van der Waals surface area contributed by atoms with Crippen molar-refractivity contribution < 1.29 is 4.79 Å². The quantitative estimate of drug-likeness (QED) is 0.641. The highest BCUT2D eigenvalue weighted by Crippen LogP contribution is 2.23. The Morgan fingerprint density at radius 1 is 1.17 bits per heavy atom. The molecule has 116 valence electrons. The van der Waals surface area contributed by atoms with Gasteiger partial charge in [0.15, 0.2) is 10.9 Å². The van der Waals surface area contributed by atoms with Crippen LogP contribution in [0.15, 0.2) is 47.6 Å². The normalized spacial score (nSPS) is 14.7. The molecule has 0 heterocycles. The molecule has 0 atom stereocenters. The Balaban J connectivity index is 1.72. The minimum absolute atomic E-state index is 0.0747. The summed E-state index contributed by atoms with van der Waals surface area (Å²) in [4.78, 5) is 11.9.